The average Bonchev–Trinajstić information content (AvgIpc) is 2.40. The zero-order chi connectivity index (χ0) is 13.0. The number of piperidine rings is 1. The summed E-state index contributed by atoms with van der Waals surface area (Å²) in [6.45, 7) is 1.60. The largest absolute Gasteiger partial charge is 0.371 e. The Kier molecular flexibility index (Phi) is 3.69. The summed E-state index contributed by atoms with van der Waals surface area (Å²) in [5.41, 5.74) is 1.06. The molecule has 0 unspecified atom stereocenters. The van der Waals surface area contributed by atoms with E-state index in [0.717, 1.165) is 31.6 Å². The van der Waals surface area contributed by atoms with Crippen LogP contribution in [0.2, 0.25) is 0 Å². The highest BCUT2D eigenvalue weighted by atomic mass is 16.6. The van der Waals surface area contributed by atoms with Crippen LogP contribution in [-0.4, -0.2) is 30.1 Å². The molecule has 1 aromatic rings. The molecule has 18 heavy (non-hydrogen) atoms. The molecule has 1 aliphatic heterocycles. The Morgan fingerprint density at radius 2 is 1.89 bits per heavy atom. The molecule has 1 heterocycles. The zero-order valence-corrected chi connectivity index (χ0v) is 9.78. The molecule has 1 saturated heterocycles. The van der Waals surface area contributed by atoms with E-state index < -0.39 is 4.92 Å². The van der Waals surface area contributed by atoms with Gasteiger partial charge in [0.1, 0.15) is 0 Å². The molecule has 1 fully saturated rings. The summed E-state index contributed by atoms with van der Waals surface area (Å²) < 4.78 is 0. The van der Waals surface area contributed by atoms with E-state index in [1.807, 2.05) is 0 Å². The molecule has 0 N–H and O–H groups in total. The topological polar surface area (TPSA) is 75.8 Å². The maximum absolute atomic E-state index is 10.5. The molecule has 0 atom stereocenters. The molecule has 1 aliphatic rings. The lowest BCUT2D eigenvalue weighted by Crippen LogP contribution is -2.35. The second-order valence-corrected chi connectivity index (χ2v) is 4.21. The molecule has 94 valence electrons. The summed E-state index contributed by atoms with van der Waals surface area (Å²) in [6, 6.07) is 6.58. The van der Waals surface area contributed by atoms with Crippen LogP contribution in [0.4, 0.5) is 11.4 Å². The van der Waals surface area contributed by atoms with Gasteiger partial charge in [0, 0.05) is 30.9 Å². The summed E-state index contributed by atoms with van der Waals surface area (Å²) in [5, 5.41) is 10.5. The number of hydrogen-bond donors (Lipinski definition) is 0. The van der Waals surface area contributed by atoms with Gasteiger partial charge >= 0.3 is 0 Å². The van der Waals surface area contributed by atoms with Gasteiger partial charge in [-0.1, -0.05) is 0 Å². The highest BCUT2D eigenvalue weighted by Crippen LogP contribution is 2.23. The van der Waals surface area contributed by atoms with Crippen LogP contribution in [0.1, 0.15) is 12.8 Å². The number of isocyanates is 1. The van der Waals surface area contributed by atoms with Crippen LogP contribution in [0.3, 0.4) is 0 Å². The predicted octanol–water partition coefficient (Wildman–Crippen LogP) is 1.90. The molecule has 0 saturated carbocycles. The summed E-state index contributed by atoms with van der Waals surface area (Å²) >= 11 is 0. The normalized spacial score (nSPS) is 16.1. The van der Waals surface area contributed by atoms with E-state index in [1.165, 1.54) is 12.1 Å². The molecular formula is C12H13N3O3. The molecule has 0 amide bonds. The number of carbonyl (C=O) groups excluding carboxylic acids is 1. The van der Waals surface area contributed by atoms with Crippen LogP contribution in [0.15, 0.2) is 29.3 Å². The van der Waals surface area contributed by atoms with Crippen molar-refractivity contribution in [2.45, 2.75) is 18.9 Å². The minimum absolute atomic E-state index is 0.0665. The highest BCUT2D eigenvalue weighted by Gasteiger charge is 2.19. The number of nitro groups is 1. The Morgan fingerprint density at radius 3 is 2.39 bits per heavy atom. The number of benzene rings is 1. The van der Waals surface area contributed by atoms with Gasteiger partial charge in [0.25, 0.3) is 5.69 Å². The van der Waals surface area contributed by atoms with Crippen LogP contribution in [0.5, 0.6) is 0 Å². The van der Waals surface area contributed by atoms with E-state index in [1.54, 1.807) is 18.2 Å². The summed E-state index contributed by atoms with van der Waals surface area (Å²) in [7, 11) is 0. The molecule has 0 radical (unpaired) electrons. The highest BCUT2D eigenvalue weighted by molar-refractivity contribution is 5.51. The second kappa shape index (κ2) is 5.42. The number of anilines is 1. The lowest BCUT2D eigenvalue weighted by atomic mass is 10.1. The number of hydrogen-bond acceptors (Lipinski definition) is 5. The predicted molar refractivity (Wildman–Crippen MR) is 66.5 cm³/mol. The van der Waals surface area contributed by atoms with E-state index >= 15 is 0 Å². The van der Waals surface area contributed by atoms with Crippen molar-refractivity contribution in [2.24, 2.45) is 4.99 Å². The summed E-state index contributed by atoms with van der Waals surface area (Å²) in [4.78, 5) is 26.2. The Morgan fingerprint density at radius 1 is 1.28 bits per heavy atom. The fourth-order valence-corrected chi connectivity index (χ4v) is 2.11. The third kappa shape index (κ3) is 2.73. The van der Waals surface area contributed by atoms with Crippen molar-refractivity contribution in [3.05, 3.63) is 34.4 Å². The molecule has 0 aliphatic carbocycles. The third-order valence-corrected chi connectivity index (χ3v) is 3.13. The van der Waals surface area contributed by atoms with Crippen molar-refractivity contribution >= 4 is 17.5 Å². The molecular weight excluding hydrogens is 234 g/mol. The third-order valence-electron chi connectivity index (χ3n) is 3.13. The maximum Gasteiger partial charge on any atom is 0.269 e. The van der Waals surface area contributed by atoms with Gasteiger partial charge < -0.3 is 4.90 Å². The van der Waals surface area contributed by atoms with Crippen LogP contribution in [0.25, 0.3) is 0 Å². The van der Waals surface area contributed by atoms with E-state index in [0.29, 0.717) is 0 Å². The lowest BCUT2D eigenvalue weighted by molar-refractivity contribution is -0.384. The van der Waals surface area contributed by atoms with Crippen molar-refractivity contribution in [2.75, 3.05) is 18.0 Å². The number of nitrogens with zero attached hydrogens (tertiary/aromatic N) is 3. The smallest absolute Gasteiger partial charge is 0.269 e. The van der Waals surface area contributed by atoms with Gasteiger partial charge in [-0.05, 0) is 25.0 Å². The van der Waals surface area contributed by atoms with E-state index in [2.05, 4.69) is 9.89 Å². The van der Waals surface area contributed by atoms with Gasteiger partial charge in [0.15, 0.2) is 0 Å². The van der Waals surface area contributed by atoms with Gasteiger partial charge in [-0.15, -0.1) is 0 Å². The number of non-ortho nitro benzene ring substituents is 1. The Balaban J connectivity index is 2.01. The number of nitro benzene ring substituents is 1. The van der Waals surface area contributed by atoms with Crippen LogP contribution in [-0.2, 0) is 4.79 Å². The van der Waals surface area contributed by atoms with Crippen LogP contribution in [0, 0.1) is 10.1 Å². The van der Waals surface area contributed by atoms with Crippen molar-refractivity contribution in [1.29, 1.82) is 0 Å². The van der Waals surface area contributed by atoms with Crippen molar-refractivity contribution in [3.8, 4) is 0 Å². The first-order chi connectivity index (χ1) is 8.70. The minimum atomic E-state index is -0.408. The summed E-state index contributed by atoms with van der Waals surface area (Å²) in [6.07, 6.45) is 3.22. The van der Waals surface area contributed by atoms with Gasteiger partial charge in [-0.25, -0.2) is 9.79 Å². The Hall–Kier alpha value is -2.20. The number of rotatable bonds is 3. The molecule has 0 spiro atoms. The minimum Gasteiger partial charge on any atom is -0.371 e. The van der Waals surface area contributed by atoms with E-state index in [9.17, 15) is 14.9 Å². The standard InChI is InChI=1S/C12H13N3O3/c16-9-13-10-5-7-14(8-6-10)11-1-3-12(4-2-11)15(17)18/h1-4,10H,5-8H2. The Bertz CT molecular complexity index is 472. The lowest BCUT2D eigenvalue weighted by Gasteiger charge is -2.31. The number of aliphatic imine (C=N–C) groups is 1. The van der Waals surface area contributed by atoms with Crippen LogP contribution >= 0.6 is 0 Å². The quantitative estimate of drug-likeness (QED) is 0.354. The molecule has 1 aromatic carbocycles. The van der Waals surface area contributed by atoms with Gasteiger partial charge in [-0.2, -0.15) is 0 Å². The molecule has 6 heteroatoms. The molecule has 0 bridgehead atoms. The van der Waals surface area contributed by atoms with Crippen molar-refractivity contribution in [1.82, 2.24) is 0 Å². The van der Waals surface area contributed by atoms with Crippen LogP contribution < -0.4 is 4.90 Å². The molecule has 0 aromatic heterocycles. The van der Waals surface area contributed by atoms with Gasteiger partial charge in [0.05, 0.1) is 11.0 Å². The van der Waals surface area contributed by atoms with Gasteiger partial charge in [0.2, 0.25) is 6.08 Å². The average molecular weight is 247 g/mol. The first-order valence-electron chi connectivity index (χ1n) is 5.77. The zero-order valence-electron chi connectivity index (χ0n) is 9.78. The fraction of sp³-hybridized carbons (Fsp3) is 0.417. The fourth-order valence-electron chi connectivity index (χ4n) is 2.11. The second-order valence-electron chi connectivity index (χ2n) is 4.21. The SMILES string of the molecule is O=C=NC1CCN(c2ccc([N+](=O)[O-])cc2)CC1. The maximum atomic E-state index is 10.5. The Labute approximate surface area is 104 Å². The first kappa shape index (κ1) is 12.3. The van der Waals surface area contributed by atoms with Crippen molar-refractivity contribution in [3.63, 3.8) is 0 Å². The van der Waals surface area contributed by atoms with Crippen molar-refractivity contribution < 1.29 is 9.72 Å². The van der Waals surface area contributed by atoms with E-state index in [4.69, 9.17) is 0 Å². The monoisotopic (exact) mass is 247 g/mol. The summed E-state index contributed by atoms with van der Waals surface area (Å²) in [5.74, 6) is 0. The van der Waals surface area contributed by atoms with Gasteiger partial charge in [-0.3, -0.25) is 10.1 Å². The van der Waals surface area contributed by atoms with E-state index in [-0.39, 0.29) is 11.7 Å². The molecule has 6 nitrogen and oxygen atoms in total. The first-order valence-corrected chi connectivity index (χ1v) is 5.77. The molecule has 2 rings (SSSR count).